The lowest BCUT2D eigenvalue weighted by molar-refractivity contribution is 0.0980. The Bertz CT molecular complexity index is 1150. The number of carbonyl (C=O) groups is 2. The molecule has 6 N–H and O–H groups in total. The summed E-state index contributed by atoms with van der Waals surface area (Å²) in [7, 11) is 0. The first-order valence-electron chi connectivity index (χ1n) is 16.7. The molecule has 1 aliphatic carbocycles. The van der Waals surface area contributed by atoms with Crippen LogP contribution in [0.3, 0.4) is 0 Å². The number of hydrogen-bond acceptors (Lipinski definition) is 10. The first-order chi connectivity index (χ1) is 21.6. The van der Waals surface area contributed by atoms with Crippen LogP contribution >= 0.6 is 0 Å². The number of benzene rings is 2. The molecule has 3 aliphatic rings. The van der Waals surface area contributed by atoms with Crippen LogP contribution in [0.2, 0.25) is 0 Å². The molecule has 44 heavy (non-hydrogen) atoms. The number of ketones is 2. The van der Waals surface area contributed by atoms with Gasteiger partial charge in [0.05, 0.1) is 11.1 Å². The molecule has 0 amide bonds. The Kier molecular flexibility index (Phi) is 12.2. The van der Waals surface area contributed by atoms with E-state index >= 15 is 0 Å². The normalized spacial score (nSPS) is 18.3. The second-order valence-electron chi connectivity index (χ2n) is 12.3. The molecule has 0 atom stereocenters. The molecule has 0 spiro atoms. The van der Waals surface area contributed by atoms with E-state index in [1.54, 1.807) is 12.1 Å². The number of hydrogen-bond donors (Lipinski definition) is 4. The van der Waals surface area contributed by atoms with Gasteiger partial charge in [-0.2, -0.15) is 0 Å². The second-order valence-corrected chi connectivity index (χ2v) is 12.3. The predicted molar refractivity (Wildman–Crippen MR) is 179 cm³/mol. The van der Waals surface area contributed by atoms with Crippen molar-refractivity contribution in [3.63, 3.8) is 0 Å². The van der Waals surface area contributed by atoms with Gasteiger partial charge in [-0.25, -0.2) is 0 Å². The maximum atomic E-state index is 14.0. The van der Waals surface area contributed by atoms with Crippen molar-refractivity contribution in [1.29, 1.82) is 0 Å². The summed E-state index contributed by atoms with van der Waals surface area (Å²) in [4.78, 5) is 37.6. The zero-order valence-corrected chi connectivity index (χ0v) is 26.4. The van der Waals surface area contributed by atoms with E-state index in [0.717, 1.165) is 142 Å². The van der Waals surface area contributed by atoms with Crippen molar-refractivity contribution in [3.8, 4) is 0 Å². The molecule has 0 unspecified atom stereocenters. The van der Waals surface area contributed by atoms with Crippen LogP contribution in [-0.4, -0.2) is 136 Å². The average molecular weight is 605 g/mol. The van der Waals surface area contributed by atoms with Crippen LogP contribution in [0.1, 0.15) is 57.5 Å². The molecule has 240 valence electrons. The predicted octanol–water partition coefficient (Wildman–Crippen LogP) is 2.00. The molecule has 0 aromatic heterocycles. The highest BCUT2D eigenvalue weighted by Gasteiger charge is 2.33. The minimum Gasteiger partial charge on any atom is -0.384 e. The lowest BCUT2D eigenvalue weighted by atomic mass is 9.82. The average Bonchev–Trinajstić information content (AvgIpc) is 3.06. The molecular formula is C34H52N8O2. The molecule has 0 radical (unpaired) electrons. The monoisotopic (exact) mass is 604 g/mol. The van der Waals surface area contributed by atoms with E-state index in [-0.39, 0.29) is 11.6 Å². The summed E-state index contributed by atoms with van der Waals surface area (Å²) in [5.74, 6) is -0.162. The standard InChI is InChI=1S/C34H52N8O2/c35-11-3-15-39-19-23-41(24-20-39)17-5-13-37-29-9-1-7-27-31(29)34(44)32-28(33(27)43)8-2-10-30(32)38-14-6-18-42-25-21-40(22-26-42)16-4-12-36/h1-2,7-10,37-38H,3-6,11-26,35-36H2. The van der Waals surface area contributed by atoms with Crippen LogP contribution in [0.5, 0.6) is 0 Å². The van der Waals surface area contributed by atoms with Crippen molar-refractivity contribution in [1.82, 2.24) is 19.6 Å². The van der Waals surface area contributed by atoms with E-state index in [2.05, 4.69) is 30.2 Å². The van der Waals surface area contributed by atoms with Gasteiger partial charge in [0.1, 0.15) is 0 Å². The van der Waals surface area contributed by atoms with Crippen molar-refractivity contribution >= 4 is 22.9 Å². The van der Waals surface area contributed by atoms with E-state index in [0.29, 0.717) is 22.3 Å². The maximum absolute atomic E-state index is 14.0. The van der Waals surface area contributed by atoms with Crippen LogP contribution in [0, 0.1) is 0 Å². The number of piperazine rings is 2. The van der Waals surface area contributed by atoms with Gasteiger partial charge in [-0.05, 0) is 77.1 Å². The number of anilines is 2. The number of nitrogens with one attached hydrogen (secondary N) is 2. The number of nitrogens with two attached hydrogens (primary N) is 2. The summed E-state index contributed by atoms with van der Waals surface area (Å²) in [6.07, 6.45) is 4.06. The van der Waals surface area contributed by atoms with Gasteiger partial charge in [0.25, 0.3) is 0 Å². The molecule has 5 rings (SSSR count). The van der Waals surface area contributed by atoms with Gasteiger partial charge in [-0.15, -0.1) is 0 Å². The molecule has 2 aliphatic heterocycles. The number of rotatable bonds is 16. The van der Waals surface area contributed by atoms with Crippen LogP contribution in [0.4, 0.5) is 11.4 Å². The smallest absolute Gasteiger partial charge is 0.198 e. The number of nitrogens with zero attached hydrogens (tertiary/aromatic N) is 4. The first kappa shape index (κ1) is 32.5. The largest absolute Gasteiger partial charge is 0.384 e. The lowest BCUT2D eigenvalue weighted by Crippen LogP contribution is -2.47. The second kappa shape index (κ2) is 16.5. The van der Waals surface area contributed by atoms with Crippen molar-refractivity contribution < 1.29 is 9.59 Å². The third-order valence-corrected chi connectivity index (χ3v) is 9.29. The van der Waals surface area contributed by atoms with Gasteiger partial charge in [-0.3, -0.25) is 9.59 Å². The Morgan fingerprint density at radius 2 is 0.886 bits per heavy atom. The molecule has 10 heteroatoms. The fraction of sp³-hybridized carbons (Fsp3) is 0.588. The first-order valence-corrected chi connectivity index (χ1v) is 16.7. The molecule has 0 saturated carbocycles. The van der Waals surface area contributed by atoms with E-state index in [4.69, 9.17) is 11.5 Å². The fourth-order valence-electron chi connectivity index (χ4n) is 6.69. The summed E-state index contributed by atoms with van der Waals surface area (Å²) in [5.41, 5.74) is 14.8. The van der Waals surface area contributed by atoms with Gasteiger partial charge in [0, 0.05) is 87.9 Å². The van der Waals surface area contributed by atoms with Crippen molar-refractivity contribution in [2.45, 2.75) is 25.7 Å². The molecule has 0 bridgehead atoms. The Balaban J connectivity index is 1.13. The van der Waals surface area contributed by atoms with Crippen LogP contribution in [-0.2, 0) is 0 Å². The van der Waals surface area contributed by atoms with Crippen LogP contribution in [0.15, 0.2) is 36.4 Å². The molecule has 10 nitrogen and oxygen atoms in total. The highest BCUT2D eigenvalue weighted by molar-refractivity contribution is 6.31. The third-order valence-electron chi connectivity index (χ3n) is 9.29. The van der Waals surface area contributed by atoms with Crippen LogP contribution in [0.25, 0.3) is 0 Å². The molecule has 2 aromatic rings. The van der Waals surface area contributed by atoms with E-state index in [1.165, 1.54) is 0 Å². The SMILES string of the molecule is NCCCN1CCN(CCCNc2cccc3c2C(=O)c2c(NCCCN4CCN(CCCN)CC4)cccc2C3=O)CC1. The maximum Gasteiger partial charge on any atom is 0.198 e. The molecule has 2 aromatic carbocycles. The zero-order chi connectivity index (χ0) is 30.7. The van der Waals surface area contributed by atoms with E-state index in [1.807, 2.05) is 24.3 Å². The van der Waals surface area contributed by atoms with Gasteiger partial charge < -0.3 is 41.7 Å². The summed E-state index contributed by atoms with van der Waals surface area (Å²) in [6, 6.07) is 11.2. The van der Waals surface area contributed by atoms with Gasteiger partial charge in [0.2, 0.25) is 0 Å². The van der Waals surface area contributed by atoms with Crippen LogP contribution < -0.4 is 22.1 Å². The van der Waals surface area contributed by atoms with Crippen molar-refractivity contribution in [2.24, 2.45) is 11.5 Å². The van der Waals surface area contributed by atoms with Gasteiger partial charge in [-0.1, -0.05) is 24.3 Å². The summed E-state index contributed by atoms with van der Waals surface area (Å²) < 4.78 is 0. The highest BCUT2D eigenvalue weighted by atomic mass is 16.1. The zero-order valence-electron chi connectivity index (χ0n) is 26.4. The van der Waals surface area contributed by atoms with Crippen molar-refractivity contribution in [2.75, 3.05) is 115 Å². The highest BCUT2D eigenvalue weighted by Crippen LogP contribution is 2.35. The molecule has 2 heterocycles. The Morgan fingerprint density at radius 3 is 1.25 bits per heavy atom. The van der Waals surface area contributed by atoms with Gasteiger partial charge >= 0.3 is 0 Å². The summed E-state index contributed by atoms with van der Waals surface area (Å²) in [6.45, 7) is 15.9. The van der Waals surface area contributed by atoms with Crippen molar-refractivity contribution in [3.05, 3.63) is 58.7 Å². The Morgan fingerprint density at radius 1 is 0.523 bits per heavy atom. The van der Waals surface area contributed by atoms with E-state index < -0.39 is 0 Å². The number of fused-ring (bicyclic) bond motifs is 2. The van der Waals surface area contributed by atoms with E-state index in [9.17, 15) is 9.59 Å². The minimum atomic E-state index is -0.0816. The lowest BCUT2D eigenvalue weighted by Gasteiger charge is -2.34. The van der Waals surface area contributed by atoms with Gasteiger partial charge in [0.15, 0.2) is 11.6 Å². The number of carbonyl (C=O) groups excluding carboxylic acids is 2. The Labute approximate surface area is 263 Å². The topological polar surface area (TPSA) is 123 Å². The molecular weight excluding hydrogens is 552 g/mol. The summed E-state index contributed by atoms with van der Waals surface area (Å²) in [5, 5.41) is 6.99. The molecule has 2 fully saturated rings. The third kappa shape index (κ3) is 8.24. The quantitative estimate of drug-likeness (QED) is 0.181. The molecule has 2 saturated heterocycles. The Hall–Kier alpha value is -2.86. The fourth-order valence-corrected chi connectivity index (χ4v) is 6.69. The summed E-state index contributed by atoms with van der Waals surface area (Å²) >= 11 is 0. The minimum absolute atomic E-state index is 0.0806.